The maximum Gasteiger partial charge on any atom is 0.253 e. The molecule has 0 radical (unpaired) electrons. The van der Waals surface area contributed by atoms with Crippen LogP contribution in [0.5, 0.6) is 0 Å². The number of carbonyl (C=O) groups is 1. The van der Waals surface area contributed by atoms with Gasteiger partial charge in [0.15, 0.2) is 0 Å². The predicted octanol–water partition coefficient (Wildman–Crippen LogP) is 4.55. The van der Waals surface area contributed by atoms with Crippen LogP contribution in [0, 0.1) is 5.82 Å². The Morgan fingerprint density at radius 1 is 1.15 bits per heavy atom. The molecule has 0 bridgehead atoms. The Bertz CT molecular complexity index is 950. The standard InChI is InChI=1S/C20H17ClFN3O2/c21-16-3-1-2-15(12-16)18-23-19(27-24-18)13-8-10-25(11-9-13)20(26)14-4-6-17(22)7-5-14/h1-7,12-13H,8-11H2. The van der Waals surface area contributed by atoms with E-state index in [1.54, 1.807) is 17.0 Å². The number of aromatic nitrogens is 2. The number of hydrogen-bond donors (Lipinski definition) is 0. The summed E-state index contributed by atoms with van der Waals surface area (Å²) < 4.78 is 18.5. The second-order valence-corrected chi connectivity index (χ2v) is 6.98. The van der Waals surface area contributed by atoms with Gasteiger partial charge >= 0.3 is 0 Å². The molecule has 4 rings (SSSR count). The quantitative estimate of drug-likeness (QED) is 0.663. The lowest BCUT2D eigenvalue weighted by molar-refractivity contribution is 0.0704. The molecular weight excluding hydrogens is 369 g/mol. The number of piperidine rings is 1. The Hall–Kier alpha value is -2.73. The fourth-order valence-electron chi connectivity index (χ4n) is 3.25. The summed E-state index contributed by atoms with van der Waals surface area (Å²) in [6.07, 6.45) is 1.48. The molecule has 2 aromatic carbocycles. The zero-order chi connectivity index (χ0) is 18.8. The number of hydrogen-bond acceptors (Lipinski definition) is 4. The van der Waals surface area contributed by atoms with Crippen LogP contribution in [0.4, 0.5) is 4.39 Å². The molecule has 0 N–H and O–H groups in total. The van der Waals surface area contributed by atoms with Gasteiger partial charge in [-0.15, -0.1) is 0 Å². The Kier molecular flexibility index (Phi) is 4.90. The van der Waals surface area contributed by atoms with Crippen molar-refractivity contribution in [1.82, 2.24) is 15.0 Å². The van der Waals surface area contributed by atoms with Gasteiger partial charge in [-0.3, -0.25) is 4.79 Å². The molecule has 1 aromatic heterocycles. The fourth-order valence-corrected chi connectivity index (χ4v) is 3.44. The summed E-state index contributed by atoms with van der Waals surface area (Å²) in [6, 6.07) is 12.9. The second kappa shape index (κ2) is 7.48. The molecular formula is C20H17ClFN3O2. The predicted molar refractivity (Wildman–Crippen MR) is 99.0 cm³/mol. The van der Waals surface area contributed by atoms with Crippen LogP contribution in [-0.4, -0.2) is 34.0 Å². The molecule has 1 fully saturated rings. The first-order chi connectivity index (χ1) is 13.1. The molecule has 7 heteroatoms. The van der Waals surface area contributed by atoms with Crippen LogP contribution in [0.15, 0.2) is 53.1 Å². The highest BCUT2D eigenvalue weighted by atomic mass is 35.5. The van der Waals surface area contributed by atoms with E-state index in [0.717, 1.165) is 18.4 Å². The van der Waals surface area contributed by atoms with Crippen LogP contribution in [0.1, 0.15) is 35.0 Å². The van der Waals surface area contributed by atoms with E-state index >= 15 is 0 Å². The summed E-state index contributed by atoms with van der Waals surface area (Å²) in [7, 11) is 0. The molecule has 0 aliphatic carbocycles. The monoisotopic (exact) mass is 385 g/mol. The average Bonchev–Trinajstić information content (AvgIpc) is 3.18. The summed E-state index contributed by atoms with van der Waals surface area (Å²) >= 11 is 6.01. The number of rotatable bonds is 3. The molecule has 2 heterocycles. The normalized spacial score (nSPS) is 15.1. The highest BCUT2D eigenvalue weighted by Gasteiger charge is 2.28. The Labute approximate surface area is 160 Å². The van der Waals surface area contributed by atoms with E-state index in [0.29, 0.717) is 35.4 Å². The first-order valence-corrected chi connectivity index (χ1v) is 9.12. The highest BCUT2D eigenvalue weighted by molar-refractivity contribution is 6.30. The lowest BCUT2D eigenvalue weighted by Gasteiger charge is -2.30. The van der Waals surface area contributed by atoms with Gasteiger partial charge in [0.2, 0.25) is 11.7 Å². The van der Waals surface area contributed by atoms with Gasteiger partial charge in [0.25, 0.3) is 5.91 Å². The SMILES string of the molecule is O=C(c1ccc(F)cc1)N1CCC(c2nc(-c3cccc(Cl)c3)no2)CC1. The highest BCUT2D eigenvalue weighted by Crippen LogP contribution is 2.29. The van der Waals surface area contributed by atoms with Gasteiger partial charge in [-0.1, -0.05) is 28.9 Å². The minimum Gasteiger partial charge on any atom is -0.339 e. The molecule has 1 saturated heterocycles. The molecule has 138 valence electrons. The smallest absolute Gasteiger partial charge is 0.253 e. The molecule has 1 amide bonds. The van der Waals surface area contributed by atoms with Crippen molar-refractivity contribution in [2.24, 2.45) is 0 Å². The van der Waals surface area contributed by atoms with E-state index < -0.39 is 0 Å². The zero-order valence-corrected chi connectivity index (χ0v) is 15.2. The second-order valence-electron chi connectivity index (χ2n) is 6.54. The van der Waals surface area contributed by atoms with Crippen molar-refractivity contribution < 1.29 is 13.7 Å². The number of amides is 1. The molecule has 1 aliphatic rings. The van der Waals surface area contributed by atoms with Crippen LogP contribution < -0.4 is 0 Å². The number of halogens is 2. The van der Waals surface area contributed by atoms with E-state index in [-0.39, 0.29) is 17.6 Å². The molecule has 27 heavy (non-hydrogen) atoms. The minimum atomic E-state index is -0.350. The lowest BCUT2D eigenvalue weighted by atomic mass is 9.96. The van der Waals surface area contributed by atoms with Gasteiger partial charge in [0.1, 0.15) is 5.82 Å². The van der Waals surface area contributed by atoms with Crippen molar-refractivity contribution in [2.75, 3.05) is 13.1 Å². The number of likely N-dealkylation sites (tertiary alicyclic amines) is 1. The van der Waals surface area contributed by atoms with Crippen molar-refractivity contribution in [3.05, 3.63) is 70.8 Å². The van der Waals surface area contributed by atoms with E-state index in [4.69, 9.17) is 16.1 Å². The largest absolute Gasteiger partial charge is 0.339 e. The third kappa shape index (κ3) is 3.85. The maximum atomic E-state index is 13.0. The van der Waals surface area contributed by atoms with Gasteiger partial charge in [-0.05, 0) is 49.2 Å². The Balaban J connectivity index is 1.41. The van der Waals surface area contributed by atoms with Crippen LogP contribution in [-0.2, 0) is 0 Å². The van der Waals surface area contributed by atoms with Gasteiger partial charge in [-0.25, -0.2) is 4.39 Å². The molecule has 3 aromatic rings. The number of carbonyl (C=O) groups excluding carboxylic acids is 1. The van der Waals surface area contributed by atoms with Gasteiger partial charge in [-0.2, -0.15) is 4.98 Å². The van der Waals surface area contributed by atoms with Crippen molar-refractivity contribution in [3.8, 4) is 11.4 Å². The van der Waals surface area contributed by atoms with E-state index in [1.165, 1.54) is 24.3 Å². The summed E-state index contributed by atoms with van der Waals surface area (Å²) in [6.45, 7) is 1.19. The molecule has 0 saturated carbocycles. The molecule has 0 spiro atoms. The van der Waals surface area contributed by atoms with Crippen molar-refractivity contribution in [2.45, 2.75) is 18.8 Å². The molecule has 0 atom stereocenters. The summed E-state index contributed by atoms with van der Waals surface area (Å²) in [5.74, 6) is 0.773. The third-order valence-corrected chi connectivity index (χ3v) is 4.98. The van der Waals surface area contributed by atoms with E-state index in [1.807, 2.05) is 12.1 Å². The topological polar surface area (TPSA) is 59.2 Å². The first kappa shape index (κ1) is 17.7. The van der Waals surface area contributed by atoms with Crippen LogP contribution >= 0.6 is 11.6 Å². The van der Waals surface area contributed by atoms with Gasteiger partial charge in [0.05, 0.1) is 0 Å². The Morgan fingerprint density at radius 3 is 2.59 bits per heavy atom. The maximum absolute atomic E-state index is 13.0. The third-order valence-electron chi connectivity index (χ3n) is 4.75. The minimum absolute atomic E-state index is 0.0846. The van der Waals surface area contributed by atoms with E-state index in [2.05, 4.69) is 10.1 Å². The van der Waals surface area contributed by atoms with Gasteiger partial charge in [0, 0.05) is 35.2 Å². The molecule has 5 nitrogen and oxygen atoms in total. The molecule has 0 unspecified atom stereocenters. The fraction of sp³-hybridized carbons (Fsp3) is 0.250. The van der Waals surface area contributed by atoms with Gasteiger partial charge < -0.3 is 9.42 Å². The van der Waals surface area contributed by atoms with E-state index in [9.17, 15) is 9.18 Å². The average molecular weight is 386 g/mol. The van der Waals surface area contributed by atoms with Crippen LogP contribution in [0.2, 0.25) is 5.02 Å². The van der Waals surface area contributed by atoms with Crippen LogP contribution in [0.3, 0.4) is 0 Å². The summed E-state index contributed by atoms with van der Waals surface area (Å²) in [5, 5.41) is 4.67. The van der Waals surface area contributed by atoms with Crippen molar-refractivity contribution >= 4 is 17.5 Å². The Morgan fingerprint density at radius 2 is 1.89 bits per heavy atom. The summed E-state index contributed by atoms with van der Waals surface area (Å²) in [4.78, 5) is 18.8. The van der Waals surface area contributed by atoms with Crippen LogP contribution in [0.25, 0.3) is 11.4 Å². The van der Waals surface area contributed by atoms with Crippen molar-refractivity contribution in [1.29, 1.82) is 0 Å². The summed E-state index contributed by atoms with van der Waals surface area (Å²) in [5.41, 5.74) is 1.30. The number of nitrogens with zero attached hydrogens (tertiary/aromatic N) is 3. The van der Waals surface area contributed by atoms with Crippen molar-refractivity contribution in [3.63, 3.8) is 0 Å². The zero-order valence-electron chi connectivity index (χ0n) is 14.4. The molecule has 1 aliphatic heterocycles. The number of benzene rings is 2. The first-order valence-electron chi connectivity index (χ1n) is 8.74. The lowest BCUT2D eigenvalue weighted by Crippen LogP contribution is -2.38.